The Hall–Kier alpha value is -3.64. The number of amides is 2. The largest absolute Gasteiger partial charge is 0.489 e. The highest BCUT2D eigenvalue weighted by molar-refractivity contribution is 6.31. The highest BCUT2D eigenvalue weighted by atomic mass is 35.5. The number of nitrogens with one attached hydrogen (secondary N) is 2. The quantitative estimate of drug-likeness (QED) is 0.429. The summed E-state index contributed by atoms with van der Waals surface area (Å²) in [6.07, 6.45) is 1.51. The van der Waals surface area contributed by atoms with Crippen LogP contribution in [0.1, 0.15) is 21.5 Å². The Morgan fingerprint density at radius 2 is 1.77 bits per heavy atom. The van der Waals surface area contributed by atoms with Crippen LogP contribution in [-0.4, -0.2) is 24.6 Å². The maximum absolute atomic E-state index is 12.0. The molecule has 0 aromatic heterocycles. The van der Waals surface area contributed by atoms with Gasteiger partial charge in [0.25, 0.3) is 11.8 Å². The van der Waals surface area contributed by atoms with Gasteiger partial charge in [-0.05, 0) is 41.5 Å². The Bertz CT molecular complexity index is 1040. The number of hydrazone groups is 1. The monoisotopic (exact) mass is 421 g/mol. The predicted molar refractivity (Wildman–Crippen MR) is 117 cm³/mol. The Morgan fingerprint density at radius 1 is 0.967 bits per heavy atom. The minimum absolute atomic E-state index is 0.205. The molecule has 0 saturated carbocycles. The molecule has 0 unspecified atom stereocenters. The molecule has 0 aliphatic carbocycles. The van der Waals surface area contributed by atoms with E-state index in [1.54, 1.807) is 18.2 Å². The van der Waals surface area contributed by atoms with Gasteiger partial charge >= 0.3 is 0 Å². The molecule has 6 nitrogen and oxygen atoms in total. The first-order chi connectivity index (χ1) is 14.6. The van der Waals surface area contributed by atoms with Crippen LogP contribution in [0.2, 0.25) is 5.02 Å². The summed E-state index contributed by atoms with van der Waals surface area (Å²) in [7, 11) is 0. The minimum Gasteiger partial charge on any atom is -0.489 e. The van der Waals surface area contributed by atoms with Crippen LogP contribution in [0.15, 0.2) is 84.0 Å². The van der Waals surface area contributed by atoms with Crippen LogP contribution in [0.25, 0.3) is 0 Å². The zero-order chi connectivity index (χ0) is 21.2. The predicted octanol–water partition coefficient (Wildman–Crippen LogP) is 3.80. The van der Waals surface area contributed by atoms with Gasteiger partial charge in [-0.15, -0.1) is 0 Å². The van der Waals surface area contributed by atoms with E-state index in [1.807, 2.05) is 54.6 Å². The van der Waals surface area contributed by atoms with Crippen LogP contribution in [0.5, 0.6) is 5.75 Å². The molecule has 0 aliphatic rings. The van der Waals surface area contributed by atoms with E-state index < -0.39 is 5.91 Å². The molecule has 0 radical (unpaired) electrons. The summed E-state index contributed by atoms with van der Waals surface area (Å²) in [5.41, 5.74) is 4.60. The summed E-state index contributed by atoms with van der Waals surface area (Å²) in [6.45, 7) is 0.257. The molecule has 0 saturated heterocycles. The lowest BCUT2D eigenvalue weighted by molar-refractivity contribution is -0.120. The third kappa shape index (κ3) is 6.76. The van der Waals surface area contributed by atoms with E-state index in [4.69, 9.17) is 16.3 Å². The van der Waals surface area contributed by atoms with Gasteiger partial charge in [-0.3, -0.25) is 9.59 Å². The number of nitrogens with zero attached hydrogens (tertiary/aromatic N) is 1. The Balaban J connectivity index is 1.45. The van der Waals surface area contributed by atoms with Crippen molar-refractivity contribution in [2.75, 3.05) is 6.54 Å². The van der Waals surface area contributed by atoms with Gasteiger partial charge in [0.05, 0.1) is 12.8 Å². The molecule has 3 aromatic rings. The van der Waals surface area contributed by atoms with E-state index in [2.05, 4.69) is 15.8 Å². The van der Waals surface area contributed by atoms with Crippen molar-refractivity contribution in [3.8, 4) is 5.75 Å². The first-order valence-electron chi connectivity index (χ1n) is 9.22. The van der Waals surface area contributed by atoms with Crippen LogP contribution < -0.4 is 15.5 Å². The molecular formula is C23H20ClN3O3. The maximum Gasteiger partial charge on any atom is 0.259 e. The summed E-state index contributed by atoms with van der Waals surface area (Å²) in [5, 5.41) is 6.88. The Labute approximate surface area is 179 Å². The van der Waals surface area contributed by atoms with E-state index >= 15 is 0 Å². The molecule has 0 bridgehead atoms. The number of halogens is 1. The molecule has 2 amide bonds. The number of hydrogen-bond acceptors (Lipinski definition) is 4. The third-order valence-corrected chi connectivity index (χ3v) is 4.24. The van der Waals surface area contributed by atoms with Crippen LogP contribution in [0.3, 0.4) is 0 Å². The molecule has 0 heterocycles. The van der Waals surface area contributed by atoms with Crippen molar-refractivity contribution < 1.29 is 14.3 Å². The van der Waals surface area contributed by atoms with Crippen molar-refractivity contribution in [3.05, 3.63) is 101 Å². The molecule has 3 aromatic carbocycles. The molecule has 0 spiro atoms. The normalized spacial score (nSPS) is 10.6. The number of benzene rings is 3. The molecule has 0 aliphatic heterocycles. The van der Waals surface area contributed by atoms with E-state index in [-0.39, 0.29) is 12.5 Å². The van der Waals surface area contributed by atoms with Gasteiger partial charge < -0.3 is 10.1 Å². The van der Waals surface area contributed by atoms with Crippen LogP contribution in [-0.2, 0) is 11.4 Å². The maximum atomic E-state index is 12.0. The smallest absolute Gasteiger partial charge is 0.259 e. The van der Waals surface area contributed by atoms with Crippen molar-refractivity contribution in [1.82, 2.24) is 10.7 Å². The molecule has 152 valence electrons. The average Bonchev–Trinajstić information content (AvgIpc) is 2.77. The SMILES string of the molecule is O=C(CNC(=O)c1cccc(Cl)c1)N/N=C/c1cccc(OCc2ccccc2)c1. The molecule has 2 N–H and O–H groups in total. The third-order valence-electron chi connectivity index (χ3n) is 4.01. The number of ether oxygens (including phenoxy) is 1. The number of carbonyl (C=O) groups excluding carboxylic acids is 2. The highest BCUT2D eigenvalue weighted by Gasteiger charge is 2.07. The van der Waals surface area contributed by atoms with Crippen LogP contribution >= 0.6 is 11.6 Å². The second-order valence-corrected chi connectivity index (χ2v) is 6.77. The second-order valence-electron chi connectivity index (χ2n) is 6.33. The van der Waals surface area contributed by atoms with E-state index in [0.29, 0.717) is 22.9 Å². The fourth-order valence-corrected chi connectivity index (χ4v) is 2.73. The first kappa shape index (κ1) is 21.1. The summed E-state index contributed by atoms with van der Waals surface area (Å²) in [6, 6.07) is 23.7. The van der Waals surface area contributed by atoms with Crippen molar-refractivity contribution in [2.45, 2.75) is 6.61 Å². The van der Waals surface area contributed by atoms with Gasteiger partial charge in [0.1, 0.15) is 12.4 Å². The van der Waals surface area contributed by atoms with Gasteiger partial charge in [0.2, 0.25) is 0 Å². The van der Waals surface area contributed by atoms with Crippen LogP contribution in [0.4, 0.5) is 0 Å². The van der Waals surface area contributed by atoms with Gasteiger partial charge in [-0.2, -0.15) is 5.10 Å². The van der Waals surface area contributed by atoms with E-state index in [0.717, 1.165) is 11.1 Å². The second kappa shape index (κ2) is 10.8. The molecular weight excluding hydrogens is 402 g/mol. The molecule has 3 rings (SSSR count). The van der Waals surface area contributed by atoms with Gasteiger partial charge in [-0.1, -0.05) is 60.1 Å². The lowest BCUT2D eigenvalue weighted by Gasteiger charge is -2.07. The Kier molecular flexibility index (Phi) is 7.58. The molecule has 0 fully saturated rings. The number of rotatable bonds is 8. The molecule has 30 heavy (non-hydrogen) atoms. The van der Waals surface area contributed by atoms with E-state index in [9.17, 15) is 9.59 Å². The van der Waals surface area contributed by atoms with Gasteiger partial charge in [0.15, 0.2) is 0 Å². The lowest BCUT2D eigenvalue weighted by atomic mass is 10.2. The topological polar surface area (TPSA) is 79.8 Å². The minimum atomic E-state index is -0.446. The van der Waals surface area contributed by atoms with Crippen molar-refractivity contribution in [2.24, 2.45) is 5.10 Å². The van der Waals surface area contributed by atoms with E-state index in [1.165, 1.54) is 12.3 Å². The number of hydrogen-bond donors (Lipinski definition) is 2. The van der Waals surface area contributed by atoms with Crippen molar-refractivity contribution >= 4 is 29.6 Å². The van der Waals surface area contributed by atoms with Gasteiger partial charge in [0, 0.05) is 10.6 Å². The number of carbonyl (C=O) groups is 2. The van der Waals surface area contributed by atoms with Crippen LogP contribution in [0, 0.1) is 0 Å². The lowest BCUT2D eigenvalue weighted by Crippen LogP contribution is -2.34. The zero-order valence-corrected chi connectivity index (χ0v) is 16.8. The summed E-state index contributed by atoms with van der Waals surface area (Å²) in [4.78, 5) is 23.9. The molecule has 7 heteroatoms. The zero-order valence-electron chi connectivity index (χ0n) is 16.0. The first-order valence-corrected chi connectivity index (χ1v) is 9.60. The molecule has 0 atom stereocenters. The van der Waals surface area contributed by atoms with Crippen molar-refractivity contribution in [3.63, 3.8) is 0 Å². The standard InChI is InChI=1S/C23H20ClN3O3/c24-20-10-5-9-19(13-20)23(29)25-15-22(28)27-26-14-18-8-4-11-21(12-18)30-16-17-6-2-1-3-7-17/h1-14H,15-16H2,(H,25,29)(H,27,28)/b26-14+. The summed E-state index contributed by atoms with van der Waals surface area (Å²) >= 11 is 5.85. The Morgan fingerprint density at radius 3 is 2.57 bits per heavy atom. The highest BCUT2D eigenvalue weighted by Crippen LogP contribution is 2.14. The summed E-state index contributed by atoms with van der Waals surface area (Å²) < 4.78 is 5.77. The summed E-state index contributed by atoms with van der Waals surface area (Å²) in [5.74, 6) is -0.138. The average molecular weight is 422 g/mol. The van der Waals surface area contributed by atoms with Gasteiger partial charge in [-0.25, -0.2) is 5.43 Å². The fraction of sp³-hybridized carbons (Fsp3) is 0.0870. The fourth-order valence-electron chi connectivity index (χ4n) is 2.54. The van der Waals surface area contributed by atoms with Crippen molar-refractivity contribution in [1.29, 1.82) is 0 Å².